The highest BCUT2D eigenvalue weighted by Crippen LogP contribution is 2.21. The molecule has 2 aromatic carbocycles. The molecule has 2 aromatic rings. The van der Waals surface area contributed by atoms with Crippen molar-refractivity contribution in [3.05, 3.63) is 65.2 Å². The highest BCUT2D eigenvalue weighted by molar-refractivity contribution is 7.92. The van der Waals surface area contributed by atoms with E-state index in [0.717, 1.165) is 21.7 Å². The second-order valence-corrected chi connectivity index (χ2v) is 9.83. The number of likely N-dealkylation sites (N-methyl/N-ethyl adjacent to an activating group) is 1. The van der Waals surface area contributed by atoms with Crippen molar-refractivity contribution in [3.63, 3.8) is 0 Å². The van der Waals surface area contributed by atoms with Crippen LogP contribution >= 0.6 is 0 Å². The lowest BCUT2D eigenvalue weighted by Crippen LogP contribution is -2.51. The highest BCUT2D eigenvalue weighted by Gasteiger charge is 2.31. The Bertz CT molecular complexity index is 1110. The van der Waals surface area contributed by atoms with Crippen molar-refractivity contribution in [2.45, 2.75) is 39.8 Å². The van der Waals surface area contributed by atoms with Crippen LogP contribution in [-0.2, 0) is 26.2 Å². The summed E-state index contributed by atoms with van der Waals surface area (Å²) in [5.74, 6) is -1.07. The van der Waals surface area contributed by atoms with E-state index in [1.54, 1.807) is 19.1 Å². The molecule has 178 valence electrons. The number of nitrogens with one attached hydrogen (secondary N) is 1. The molecule has 0 spiro atoms. The molecular formula is C24H31N3O5S. The Morgan fingerprint density at radius 3 is 2.21 bits per heavy atom. The average Bonchev–Trinajstić information content (AvgIpc) is 2.77. The zero-order valence-corrected chi connectivity index (χ0v) is 20.5. The maximum atomic E-state index is 13.5. The van der Waals surface area contributed by atoms with Crippen LogP contribution in [0.2, 0.25) is 0 Å². The molecule has 9 heteroatoms. The Morgan fingerprint density at radius 2 is 1.70 bits per heavy atom. The first kappa shape index (κ1) is 26.1. The number of nitrogens with zero attached hydrogens (tertiary/aromatic N) is 2. The Morgan fingerprint density at radius 1 is 1.06 bits per heavy atom. The third kappa shape index (κ3) is 6.89. The highest BCUT2D eigenvalue weighted by atomic mass is 32.2. The van der Waals surface area contributed by atoms with Gasteiger partial charge in [-0.2, -0.15) is 0 Å². The fourth-order valence-corrected chi connectivity index (χ4v) is 4.31. The number of carbonyl (C=O) groups is 3. The van der Waals surface area contributed by atoms with Crippen molar-refractivity contribution in [2.75, 3.05) is 24.2 Å². The lowest BCUT2D eigenvalue weighted by molar-refractivity contribution is -0.140. The van der Waals surface area contributed by atoms with Crippen molar-refractivity contribution >= 4 is 33.3 Å². The number of hydrogen-bond acceptors (Lipinski definition) is 5. The summed E-state index contributed by atoms with van der Waals surface area (Å²) in [6.07, 6.45) is 1.36. The lowest BCUT2D eigenvalue weighted by Gasteiger charge is -2.32. The molecule has 8 nitrogen and oxygen atoms in total. The SMILES string of the molecule is CC[C@@H](C(=O)NC)N(Cc1ccc(C)cc1)C(=O)CN(c1cccc(C(C)=O)c1)S(C)(=O)=O. The fourth-order valence-electron chi connectivity index (χ4n) is 3.47. The van der Waals surface area contributed by atoms with E-state index in [0.29, 0.717) is 12.0 Å². The third-order valence-electron chi connectivity index (χ3n) is 5.33. The van der Waals surface area contributed by atoms with Crippen molar-refractivity contribution in [2.24, 2.45) is 0 Å². The van der Waals surface area contributed by atoms with E-state index in [-0.39, 0.29) is 23.9 Å². The number of hydrogen-bond donors (Lipinski definition) is 1. The predicted octanol–water partition coefficient (Wildman–Crippen LogP) is 2.52. The van der Waals surface area contributed by atoms with E-state index < -0.39 is 28.5 Å². The van der Waals surface area contributed by atoms with Gasteiger partial charge in [0, 0.05) is 19.2 Å². The number of sulfonamides is 1. The van der Waals surface area contributed by atoms with E-state index in [1.165, 1.54) is 31.0 Å². The summed E-state index contributed by atoms with van der Waals surface area (Å²) in [6, 6.07) is 12.9. The van der Waals surface area contributed by atoms with Gasteiger partial charge >= 0.3 is 0 Å². The molecule has 0 unspecified atom stereocenters. The minimum Gasteiger partial charge on any atom is -0.357 e. The third-order valence-corrected chi connectivity index (χ3v) is 6.47. The molecule has 0 aliphatic carbocycles. The summed E-state index contributed by atoms with van der Waals surface area (Å²) < 4.78 is 26.1. The van der Waals surface area contributed by atoms with Gasteiger partial charge in [-0.3, -0.25) is 18.7 Å². The normalized spacial score (nSPS) is 12.0. The molecule has 2 rings (SSSR count). The summed E-state index contributed by atoms with van der Waals surface area (Å²) in [7, 11) is -2.36. The number of Topliss-reactive ketones (excluding diaryl/α,β-unsaturated/α-hetero) is 1. The van der Waals surface area contributed by atoms with Gasteiger partial charge < -0.3 is 10.2 Å². The number of aryl methyl sites for hydroxylation is 1. The molecule has 0 bridgehead atoms. The standard InChI is InChI=1S/C24H31N3O5S/c1-6-22(24(30)25-4)26(15-19-12-10-17(2)11-13-19)23(29)16-27(33(5,31)32)21-9-7-8-20(14-21)18(3)28/h7-14,22H,6,15-16H2,1-5H3,(H,25,30)/t22-/m0/s1. The number of carbonyl (C=O) groups excluding carboxylic acids is 3. The molecule has 0 fully saturated rings. The molecule has 1 N–H and O–H groups in total. The summed E-state index contributed by atoms with van der Waals surface area (Å²) in [6.45, 7) is 4.77. The van der Waals surface area contributed by atoms with Crippen LogP contribution in [0, 0.1) is 6.92 Å². The Balaban J connectivity index is 2.45. The van der Waals surface area contributed by atoms with Crippen LogP contribution in [0.1, 0.15) is 41.8 Å². The number of benzene rings is 2. The first-order chi connectivity index (χ1) is 15.5. The van der Waals surface area contributed by atoms with Gasteiger partial charge in [0.15, 0.2) is 5.78 Å². The molecule has 0 aliphatic heterocycles. The second kappa shape index (κ2) is 11.1. The predicted molar refractivity (Wildman–Crippen MR) is 129 cm³/mol. The molecule has 0 heterocycles. The van der Waals surface area contributed by atoms with Gasteiger partial charge in [-0.05, 0) is 38.0 Å². The van der Waals surface area contributed by atoms with E-state index in [1.807, 2.05) is 31.2 Å². The van der Waals surface area contributed by atoms with Gasteiger partial charge in [0.2, 0.25) is 21.8 Å². The smallest absolute Gasteiger partial charge is 0.244 e. The zero-order valence-electron chi connectivity index (χ0n) is 19.7. The maximum Gasteiger partial charge on any atom is 0.244 e. The minimum absolute atomic E-state index is 0.149. The van der Waals surface area contributed by atoms with Gasteiger partial charge in [0.25, 0.3) is 0 Å². The van der Waals surface area contributed by atoms with E-state index >= 15 is 0 Å². The molecule has 33 heavy (non-hydrogen) atoms. The van der Waals surface area contributed by atoms with Gasteiger partial charge in [0.05, 0.1) is 11.9 Å². The fraction of sp³-hybridized carbons (Fsp3) is 0.375. The molecule has 1 atom stereocenters. The Hall–Kier alpha value is -3.20. The van der Waals surface area contributed by atoms with Crippen LogP contribution < -0.4 is 9.62 Å². The summed E-state index contributed by atoms with van der Waals surface area (Å²) in [4.78, 5) is 39.2. The second-order valence-electron chi connectivity index (χ2n) is 7.92. The first-order valence-corrected chi connectivity index (χ1v) is 12.5. The monoisotopic (exact) mass is 473 g/mol. The van der Waals surface area contributed by atoms with Crippen LogP contribution in [0.3, 0.4) is 0 Å². The molecule has 2 amide bonds. The number of rotatable bonds is 10. The Kier molecular flexibility index (Phi) is 8.76. The Labute approximate surface area is 195 Å². The van der Waals surface area contributed by atoms with Gasteiger partial charge in [-0.1, -0.05) is 48.9 Å². The van der Waals surface area contributed by atoms with Gasteiger partial charge in [0.1, 0.15) is 12.6 Å². The topological polar surface area (TPSA) is 104 Å². The lowest BCUT2D eigenvalue weighted by atomic mass is 10.1. The van der Waals surface area contributed by atoms with E-state index in [9.17, 15) is 22.8 Å². The van der Waals surface area contributed by atoms with Crippen molar-refractivity contribution < 1.29 is 22.8 Å². The average molecular weight is 474 g/mol. The summed E-state index contributed by atoms with van der Waals surface area (Å²) in [5, 5.41) is 2.58. The van der Waals surface area contributed by atoms with Gasteiger partial charge in [-0.15, -0.1) is 0 Å². The summed E-state index contributed by atoms with van der Waals surface area (Å²) in [5.41, 5.74) is 2.42. The molecule has 0 aromatic heterocycles. The van der Waals surface area contributed by atoms with Crippen LogP contribution in [0.25, 0.3) is 0 Å². The largest absolute Gasteiger partial charge is 0.357 e. The number of amides is 2. The van der Waals surface area contributed by atoms with Crippen LogP contribution in [0.4, 0.5) is 5.69 Å². The quantitative estimate of drug-likeness (QED) is 0.534. The zero-order chi connectivity index (χ0) is 24.8. The van der Waals surface area contributed by atoms with Gasteiger partial charge in [-0.25, -0.2) is 8.42 Å². The summed E-state index contributed by atoms with van der Waals surface area (Å²) >= 11 is 0. The number of anilines is 1. The van der Waals surface area contributed by atoms with Crippen molar-refractivity contribution in [1.29, 1.82) is 0 Å². The van der Waals surface area contributed by atoms with Crippen LogP contribution in [0.15, 0.2) is 48.5 Å². The molecular weight excluding hydrogens is 442 g/mol. The van der Waals surface area contributed by atoms with Crippen LogP contribution in [0.5, 0.6) is 0 Å². The molecule has 0 saturated heterocycles. The molecule has 0 radical (unpaired) electrons. The first-order valence-electron chi connectivity index (χ1n) is 10.6. The molecule has 0 saturated carbocycles. The molecule has 0 aliphatic rings. The minimum atomic E-state index is -3.85. The number of ketones is 1. The van der Waals surface area contributed by atoms with Crippen molar-refractivity contribution in [3.8, 4) is 0 Å². The van der Waals surface area contributed by atoms with Crippen molar-refractivity contribution in [1.82, 2.24) is 10.2 Å². The van der Waals surface area contributed by atoms with E-state index in [4.69, 9.17) is 0 Å². The van der Waals surface area contributed by atoms with Crippen LogP contribution in [-0.4, -0.2) is 56.8 Å². The maximum absolute atomic E-state index is 13.5. The van der Waals surface area contributed by atoms with E-state index in [2.05, 4.69) is 5.32 Å².